The predicted octanol–water partition coefficient (Wildman–Crippen LogP) is 5.59. The van der Waals surface area contributed by atoms with Crippen LogP contribution in [-0.4, -0.2) is 22.4 Å². The van der Waals surface area contributed by atoms with E-state index < -0.39 is 5.54 Å². The molecule has 1 saturated heterocycles. The molecule has 0 atom stereocenters. The van der Waals surface area contributed by atoms with Gasteiger partial charge in [-0.05, 0) is 61.1 Å². The molecule has 1 aliphatic rings. The molecule has 31 heavy (non-hydrogen) atoms. The molecule has 4 heteroatoms. The number of carbonyl (C=O) groups excluding carboxylic acids is 2. The monoisotopic (exact) mass is 412 g/mol. The molecule has 0 aliphatic carbocycles. The van der Waals surface area contributed by atoms with Crippen LogP contribution in [0, 0.1) is 0 Å². The molecule has 0 saturated carbocycles. The van der Waals surface area contributed by atoms with Crippen molar-refractivity contribution in [1.82, 2.24) is 4.90 Å². The summed E-state index contributed by atoms with van der Waals surface area (Å²) in [4.78, 5) is 29.7. The van der Waals surface area contributed by atoms with Crippen molar-refractivity contribution in [3.63, 3.8) is 0 Å². The highest BCUT2D eigenvalue weighted by molar-refractivity contribution is 6.22. The van der Waals surface area contributed by atoms with E-state index in [1.807, 2.05) is 74.5 Å². The normalized spacial score (nSPS) is 15.6. The van der Waals surface area contributed by atoms with E-state index in [9.17, 15) is 9.59 Å². The fraction of sp³-hybridized carbons (Fsp3) is 0.259. The SMILES string of the molecule is CCc1cccc(N2C(=O)N(Cc3ccccc3Cc3ccccc3)C(C)(C)C2=O)c1. The molecule has 0 radical (unpaired) electrons. The lowest BCUT2D eigenvalue weighted by Gasteiger charge is -2.28. The van der Waals surface area contributed by atoms with Gasteiger partial charge in [-0.1, -0.05) is 73.7 Å². The zero-order valence-corrected chi connectivity index (χ0v) is 18.3. The van der Waals surface area contributed by atoms with Crippen molar-refractivity contribution in [2.75, 3.05) is 4.90 Å². The first kappa shape index (κ1) is 20.9. The first-order valence-electron chi connectivity index (χ1n) is 10.8. The molecule has 3 aromatic carbocycles. The molecule has 1 fully saturated rings. The first-order chi connectivity index (χ1) is 14.9. The van der Waals surface area contributed by atoms with Gasteiger partial charge in [0.25, 0.3) is 5.91 Å². The zero-order chi connectivity index (χ0) is 22.0. The van der Waals surface area contributed by atoms with Gasteiger partial charge in [0.1, 0.15) is 5.54 Å². The molecule has 0 bridgehead atoms. The van der Waals surface area contributed by atoms with Gasteiger partial charge in [0.15, 0.2) is 0 Å². The molecule has 3 amide bonds. The van der Waals surface area contributed by atoms with Crippen molar-refractivity contribution in [2.24, 2.45) is 0 Å². The summed E-state index contributed by atoms with van der Waals surface area (Å²) in [7, 11) is 0. The lowest BCUT2D eigenvalue weighted by Crippen LogP contribution is -2.43. The number of benzene rings is 3. The number of hydrogen-bond donors (Lipinski definition) is 0. The van der Waals surface area contributed by atoms with Gasteiger partial charge in [0.2, 0.25) is 0 Å². The number of imide groups is 1. The fourth-order valence-electron chi connectivity index (χ4n) is 4.11. The van der Waals surface area contributed by atoms with E-state index >= 15 is 0 Å². The van der Waals surface area contributed by atoms with Crippen molar-refractivity contribution in [2.45, 2.75) is 45.7 Å². The Balaban J connectivity index is 1.64. The van der Waals surface area contributed by atoms with E-state index in [4.69, 9.17) is 0 Å². The number of amides is 3. The zero-order valence-electron chi connectivity index (χ0n) is 18.3. The molecule has 1 heterocycles. The second-order valence-corrected chi connectivity index (χ2v) is 8.52. The third-order valence-corrected chi connectivity index (χ3v) is 6.08. The standard InChI is InChI=1S/C27H28N2O2/c1-4-20-13-10-16-24(18-20)29-25(30)27(2,3)28(26(29)31)19-23-15-9-8-14-22(23)17-21-11-6-5-7-12-21/h5-16,18H,4,17,19H2,1-3H3. The van der Waals surface area contributed by atoms with Crippen LogP contribution in [0.5, 0.6) is 0 Å². The van der Waals surface area contributed by atoms with Gasteiger partial charge in [-0.25, -0.2) is 9.69 Å². The Hall–Kier alpha value is -3.40. The van der Waals surface area contributed by atoms with Crippen molar-refractivity contribution < 1.29 is 9.59 Å². The second-order valence-electron chi connectivity index (χ2n) is 8.52. The van der Waals surface area contributed by atoms with Crippen molar-refractivity contribution >= 4 is 17.6 Å². The maximum atomic E-state index is 13.4. The Morgan fingerprint density at radius 2 is 1.42 bits per heavy atom. The molecule has 0 unspecified atom stereocenters. The number of nitrogens with zero attached hydrogens (tertiary/aromatic N) is 2. The summed E-state index contributed by atoms with van der Waals surface area (Å²) in [5.74, 6) is -0.189. The van der Waals surface area contributed by atoms with Crippen LogP contribution in [0.15, 0.2) is 78.9 Å². The smallest absolute Gasteiger partial charge is 0.305 e. The number of urea groups is 1. The summed E-state index contributed by atoms with van der Waals surface area (Å²) < 4.78 is 0. The van der Waals surface area contributed by atoms with E-state index in [1.54, 1.807) is 4.90 Å². The first-order valence-corrected chi connectivity index (χ1v) is 10.8. The van der Waals surface area contributed by atoms with E-state index in [-0.39, 0.29) is 11.9 Å². The Morgan fingerprint density at radius 3 is 2.13 bits per heavy atom. The van der Waals surface area contributed by atoms with Crippen molar-refractivity contribution in [1.29, 1.82) is 0 Å². The molecule has 0 spiro atoms. The molecule has 3 aromatic rings. The van der Waals surface area contributed by atoms with Gasteiger partial charge in [-0.2, -0.15) is 0 Å². The van der Waals surface area contributed by atoms with Crippen LogP contribution in [0.1, 0.15) is 43.0 Å². The molecular weight excluding hydrogens is 384 g/mol. The number of carbonyl (C=O) groups is 2. The second kappa shape index (κ2) is 8.38. The van der Waals surface area contributed by atoms with Crippen molar-refractivity contribution in [3.05, 3.63) is 101 Å². The van der Waals surface area contributed by atoms with Crippen LogP contribution in [-0.2, 0) is 24.2 Å². The van der Waals surface area contributed by atoms with Crippen LogP contribution in [0.25, 0.3) is 0 Å². The summed E-state index contributed by atoms with van der Waals surface area (Å²) in [5, 5.41) is 0. The average molecular weight is 413 g/mol. The maximum Gasteiger partial charge on any atom is 0.332 e. The minimum absolute atomic E-state index is 0.189. The van der Waals surface area contributed by atoms with Crippen LogP contribution in [0.3, 0.4) is 0 Å². The van der Waals surface area contributed by atoms with Crippen LogP contribution >= 0.6 is 0 Å². The molecule has 0 aromatic heterocycles. The van der Waals surface area contributed by atoms with Crippen LogP contribution in [0.4, 0.5) is 10.5 Å². The molecule has 0 N–H and O–H groups in total. The summed E-state index contributed by atoms with van der Waals surface area (Å²) >= 11 is 0. The minimum Gasteiger partial charge on any atom is -0.305 e. The lowest BCUT2D eigenvalue weighted by molar-refractivity contribution is -0.123. The van der Waals surface area contributed by atoms with Gasteiger partial charge < -0.3 is 4.90 Å². The van der Waals surface area contributed by atoms with E-state index in [0.717, 1.165) is 29.5 Å². The Bertz CT molecular complexity index is 1100. The molecule has 4 rings (SSSR count). The van der Waals surface area contributed by atoms with E-state index in [1.165, 1.54) is 10.5 Å². The summed E-state index contributed by atoms with van der Waals surface area (Å²) in [6.07, 6.45) is 1.64. The van der Waals surface area contributed by atoms with Crippen molar-refractivity contribution in [3.8, 4) is 0 Å². The minimum atomic E-state index is -0.917. The lowest BCUT2D eigenvalue weighted by atomic mass is 9.97. The van der Waals surface area contributed by atoms with Gasteiger partial charge in [0.05, 0.1) is 5.69 Å². The third kappa shape index (κ3) is 3.98. The average Bonchev–Trinajstić information content (AvgIpc) is 2.95. The van der Waals surface area contributed by atoms with Gasteiger partial charge in [0, 0.05) is 6.54 Å². The van der Waals surface area contributed by atoms with Gasteiger partial charge in [-0.15, -0.1) is 0 Å². The molecule has 158 valence electrons. The van der Waals surface area contributed by atoms with Crippen LogP contribution in [0.2, 0.25) is 0 Å². The highest BCUT2D eigenvalue weighted by Gasteiger charge is 2.51. The van der Waals surface area contributed by atoms with Crippen LogP contribution < -0.4 is 4.90 Å². The number of hydrogen-bond acceptors (Lipinski definition) is 2. The summed E-state index contributed by atoms with van der Waals surface area (Å²) in [5.41, 5.74) is 4.26. The quantitative estimate of drug-likeness (QED) is 0.495. The summed E-state index contributed by atoms with van der Waals surface area (Å²) in [6, 6.07) is 25.8. The number of anilines is 1. The third-order valence-electron chi connectivity index (χ3n) is 6.08. The molecular formula is C27H28N2O2. The maximum absolute atomic E-state index is 13.4. The summed E-state index contributed by atoms with van der Waals surface area (Å²) in [6.45, 7) is 6.12. The predicted molar refractivity (Wildman–Crippen MR) is 124 cm³/mol. The fourth-order valence-corrected chi connectivity index (χ4v) is 4.11. The van der Waals surface area contributed by atoms with E-state index in [2.05, 4.69) is 25.1 Å². The molecule has 1 aliphatic heterocycles. The number of aryl methyl sites for hydroxylation is 1. The largest absolute Gasteiger partial charge is 0.332 e. The Kier molecular flexibility index (Phi) is 5.64. The highest BCUT2D eigenvalue weighted by atomic mass is 16.2. The topological polar surface area (TPSA) is 40.6 Å². The Morgan fingerprint density at radius 1 is 0.774 bits per heavy atom. The molecule has 4 nitrogen and oxygen atoms in total. The highest BCUT2D eigenvalue weighted by Crippen LogP contribution is 2.34. The van der Waals surface area contributed by atoms with E-state index in [0.29, 0.717) is 12.2 Å². The van der Waals surface area contributed by atoms with Gasteiger partial charge >= 0.3 is 6.03 Å². The Labute approximate surface area is 184 Å². The van der Waals surface area contributed by atoms with Gasteiger partial charge in [-0.3, -0.25) is 4.79 Å². The number of rotatable bonds is 6.